The van der Waals surface area contributed by atoms with Crippen molar-refractivity contribution in [2.75, 3.05) is 6.61 Å². The Balaban J connectivity index is 1.80. The average Bonchev–Trinajstić information content (AvgIpc) is 2.89. The molecule has 2 unspecified atom stereocenters. The summed E-state index contributed by atoms with van der Waals surface area (Å²) in [5.74, 6) is 0.625. The van der Waals surface area contributed by atoms with Crippen molar-refractivity contribution in [2.45, 2.75) is 65.1 Å². The number of rotatable bonds is 13. The van der Waals surface area contributed by atoms with Crippen molar-refractivity contribution in [3.05, 3.63) is 102 Å². The van der Waals surface area contributed by atoms with E-state index in [0.717, 1.165) is 28.9 Å². The van der Waals surface area contributed by atoms with E-state index in [1.165, 1.54) is 0 Å². The summed E-state index contributed by atoms with van der Waals surface area (Å²) in [6.45, 7) is 6.89. The minimum Gasteiger partial charge on any atom is -0.494 e. The van der Waals surface area contributed by atoms with E-state index in [0.29, 0.717) is 32.4 Å². The van der Waals surface area contributed by atoms with Crippen molar-refractivity contribution in [1.82, 2.24) is 10.2 Å². The van der Waals surface area contributed by atoms with Crippen molar-refractivity contribution in [1.29, 1.82) is 0 Å². The topological polar surface area (TPSA) is 58.6 Å². The predicted molar refractivity (Wildman–Crippen MR) is 145 cm³/mol. The monoisotopic (exact) mass is 486 g/mol. The molecular weight excluding hydrogens is 448 g/mol. The number of nitrogens with one attached hydrogen (secondary N) is 1. The Kier molecular flexibility index (Phi) is 10.6. The summed E-state index contributed by atoms with van der Waals surface area (Å²) in [4.78, 5) is 28.9. The van der Waals surface area contributed by atoms with Gasteiger partial charge in [-0.1, -0.05) is 85.3 Å². The van der Waals surface area contributed by atoms with Gasteiger partial charge in [0, 0.05) is 25.4 Å². The maximum absolute atomic E-state index is 13.6. The lowest BCUT2D eigenvalue weighted by atomic mass is 10.0. The van der Waals surface area contributed by atoms with Gasteiger partial charge in [-0.2, -0.15) is 0 Å². The van der Waals surface area contributed by atoms with Crippen molar-refractivity contribution < 1.29 is 14.3 Å². The molecule has 0 saturated heterocycles. The molecule has 5 heteroatoms. The van der Waals surface area contributed by atoms with Gasteiger partial charge in [-0.25, -0.2) is 0 Å². The number of hydrogen-bond acceptors (Lipinski definition) is 3. The predicted octanol–water partition coefficient (Wildman–Crippen LogP) is 5.71. The van der Waals surface area contributed by atoms with Gasteiger partial charge in [-0.05, 0) is 49.9 Å². The van der Waals surface area contributed by atoms with Crippen molar-refractivity contribution in [3.63, 3.8) is 0 Å². The summed E-state index contributed by atoms with van der Waals surface area (Å²) in [5.41, 5.74) is 3.16. The van der Waals surface area contributed by atoms with E-state index in [2.05, 4.69) is 11.4 Å². The third-order valence-electron chi connectivity index (χ3n) is 6.25. The number of carbonyl (C=O) groups excluding carboxylic acids is 2. The number of carbonyl (C=O) groups is 2. The first kappa shape index (κ1) is 27.0. The van der Waals surface area contributed by atoms with Gasteiger partial charge in [-0.3, -0.25) is 9.59 Å². The maximum Gasteiger partial charge on any atom is 0.243 e. The summed E-state index contributed by atoms with van der Waals surface area (Å²) in [7, 11) is 0. The molecule has 1 N–H and O–H groups in total. The first-order valence-electron chi connectivity index (χ1n) is 12.8. The SMILES string of the molecule is CCC(C)NC(=O)C(Cc1ccccc1)N(Cc1cccc(C)c1)C(=O)CCCOc1ccccc1. The molecule has 0 bridgehead atoms. The second-order valence-electron chi connectivity index (χ2n) is 9.30. The van der Waals surface area contributed by atoms with E-state index >= 15 is 0 Å². The molecule has 0 fully saturated rings. The van der Waals surface area contributed by atoms with E-state index in [-0.39, 0.29) is 17.9 Å². The van der Waals surface area contributed by atoms with E-state index in [9.17, 15) is 9.59 Å². The molecule has 0 spiro atoms. The normalized spacial score (nSPS) is 12.4. The first-order valence-corrected chi connectivity index (χ1v) is 12.8. The fraction of sp³-hybridized carbons (Fsp3) is 0.355. The quantitative estimate of drug-likeness (QED) is 0.315. The summed E-state index contributed by atoms with van der Waals surface area (Å²) >= 11 is 0. The molecule has 0 saturated carbocycles. The Labute approximate surface area is 215 Å². The van der Waals surface area contributed by atoms with Gasteiger partial charge >= 0.3 is 0 Å². The molecule has 0 radical (unpaired) electrons. The Bertz CT molecular complexity index is 1090. The molecule has 3 rings (SSSR count). The van der Waals surface area contributed by atoms with Crippen molar-refractivity contribution in [3.8, 4) is 5.75 Å². The highest BCUT2D eigenvalue weighted by atomic mass is 16.5. The zero-order valence-corrected chi connectivity index (χ0v) is 21.7. The van der Waals surface area contributed by atoms with Crippen LogP contribution in [0.15, 0.2) is 84.9 Å². The van der Waals surface area contributed by atoms with Crippen molar-refractivity contribution in [2.24, 2.45) is 0 Å². The number of ether oxygens (including phenoxy) is 1. The van der Waals surface area contributed by atoms with E-state index < -0.39 is 6.04 Å². The summed E-state index contributed by atoms with van der Waals surface area (Å²) in [5, 5.41) is 3.11. The number of benzene rings is 3. The van der Waals surface area contributed by atoms with Crippen LogP contribution in [0.4, 0.5) is 0 Å². The number of aryl methyl sites for hydroxylation is 1. The van der Waals surface area contributed by atoms with Crippen LogP contribution >= 0.6 is 0 Å². The number of para-hydroxylation sites is 1. The zero-order chi connectivity index (χ0) is 25.8. The molecule has 0 aliphatic rings. The minimum atomic E-state index is -0.607. The molecule has 3 aromatic carbocycles. The van der Waals surface area contributed by atoms with Crippen LogP contribution in [0.1, 0.15) is 49.8 Å². The fourth-order valence-electron chi connectivity index (χ4n) is 4.08. The van der Waals surface area contributed by atoms with E-state index in [1.807, 2.05) is 99.6 Å². The van der Waals surface area contributed by atoms with Gasteiger partial charge < -0.3 is 15.0 Å². The zero-order valence-electron chi connectivity index (χ0n) is 21.7. The summed E-state index contributed by atoms with van der Waals surface area (Å²) in [6, 6.07) is 27.0. The largest absolute Gasteiger partial charge is 0.494 e. The maximum atomic E-state index is 13.6. The van der Waals surface area contributed by atoms with Gasteiger partial charge in [-0.15, -0.1) is 0 Å². The molecular formula is C31H38N2O3. The first-order chi connectivity index (χ1) is 17.5. The summed E-state index contributed by atoms with van der Waals surface area (Å²) < 4.78 is 5.79. The van der Waals surface area contributed by atoms with Crippen LogP contribution in [0.3, 0.4) is 0 Å². The van der Waals surface area contributed by atoms with E-state index in [4.69, 9.17) is 4.74 Å². The second-order valence-corrected chi connectivity index (χ2v) is 9.30. The molecule has 0 heterocycles. The molecule has 5 nitrogen and oxygen atoms in total. The molecule has 190 valence electrons. The molecule has 0 aromatic heterocycles. The highest BCUT2D eigenvalue weighted by Gasteiger charge is 2.30. The number of nitrogens with zero attached hydrogens (tertiary/aromatic N) is 1. The Morgan fingerprint density at radius 1 is 0.917 bits per heavy atom. The number of hydrogen-bond donors (Lipinski definition) is 1. The Hall–Kier alpha value is -3.60. The van der Waals surface area contributed by atoms with Gasteiger partial charge in [0.1, 0.15) is 11.8 Å². The van der Waals surface area contributed by atoms with Crippen LogP contribution in [0.25, 0.3) is 0 Å². The molecule has 3 aromatic rings. The molecule has 0 aliphatic carbocycles. The molecule has 36 heavy (non-hydrogen) atoms. The Morgan fingerprint density at radius 2 is 1.58 bits per heavy atom. The lowest BCUT2D eigenvalue weighted by molar-refractivity contribution is -0.141. The van der Waals surface area contributed by atoms with Crippen molar-refractivity contribution >= 4 is 11.8 Å². The van der Waals surface area contributed by atoms with Crippen LogP contribution < -0.4 is 10.1 Å². The minimum absolute atomic E-state index is 0.0333. The Morgan fingerprint density at radius 3 is 2.25 bits per heavy atom. The van der Waals surface area contributed by atoms with Gasteiger partial charge in [0.2, 0.25) is 11.8 Å². The smallest absolute Gasteiger partial charge is 0.243 e. The van der Waals surface area contributed by atoms with Crippen LogP contribution in [0.2, 0.25) is 0 Å². The number of amides is 2. The second kappa shape index (κ2) is 14.1. The molecule has 2 atom stereocenters. The highest BCUT2D eigenvalue weighted by Crippen LogP contribution is 2.18. The van der Waals surface area contributed by atoms with Crippen LogP contribution in [0, 0.1) is 6.92 Å². The average molecular weight is 487 g/mol. The van der Waals surface area contributed by atoms with Crippen LogP contribution in [-0.4, -0.2) is 35.4 Å². The third-order valence-corrected chi connectivity index (χ3v) is 6.25. The fourth-order valence-corrected chi connectivity index (χ4v) is 4.08. The lowest BCUT2D eigenvalue weighted by Gasteiger charge is -2.32. The van der Waals surface area contributed by atoms with Gasteiger partial charge in [0.05, 0.1) is 6.61 Å². The molecule has 2 amide bonds. The van der Waals surface area contributed by atoms with Crippen LogP contribution in [-0.2, 0) is 22.6 Å². The highest BCUT2D eigenvalue weighted by molar-refractivity contribution is 5.88. The van der Waals surface area contributed by atoms with Gasteiger partial charge in [0.15, 0.2) is 0 Å². The standard InChI is InChI=1S/C31H38N2O3/c1-4-25(3)32-31(35)29(22-26-14-7-5-8-15-26)33(23-27-16-11-13-24(2)21-27)30(34)19-12-20-36-28-17-9-6-10-18-28/h5-11,13-18,21,25,29H,4,12,19-20,22-23H2,1-3H3,(H,32,35). The van der Waals surface area contributed by atoms with Gasteiger partial charge in [0.25, 0.3) is 0 Å². The third kappa shape index (κ3) is 8.56. The van der Waals surface area contributed by atoms with E-state index in [1.54, 1.807) is 4.90 Å². The lowest BCUT2D eigenvalue weighted by Crippen LogP contribution is -2.52. The van der Waals surface area contributed by atoms with Crippen LogP contribution in [0.5, 0.6) is 5.75 Å². The summed E-state index contributed by atoms with van der Waals surface area (Å²) in [6.07, 6.45) is 2.16. The molecule has 0 aliphatic heterocycles.